The summed E-state index contributed by atoms with van der Waals surface area (Å²) < 4.78 is 5.52. The van der Waals surface area contributed by atoms with Crippen LogP contribution in [0.1, 0.15) is 10.5 Å². The summed E-state index contributed by atoms with van der Waals surface area (Å²) in [6.07, 6.45) is 0. The average molecular weight is 378 g/mol. The molecule has 0 N–H and O–H groups in total. The SMILES string of the molecule is O=C(c1nc(Cl)c(Cl)c(Cl)c1Cl)N1CCOc2ccccc21. The molecular formula is C14H8Cl4N2O2. The number of rotatable bonds is 1. The Hall–Kier alpha value is -1.20. The minimum absolute atomic E-state index is 0.00762. The first-order chi connectivity index (χ1) is 10.5. The van der Waals surface area contributed by atoms with Gasteiger partial charge in [0.05, 0.1) is 27.3 Å². The molecule has 0 saturated carbocycles. The molecular weight excluding hydrogens is 370 g/mol. The van der Waals surface area contributed by atoms with Gasteiger partial charge >= 0.3 is 0 Å². The van der Waals surface area contributed by atoms with Crippen LogP contribution in [-0.4, -0.2) is 24.0 Å². The second kappa shape index (κ2) is 6.13. The van der Waals surface area contributed by atoms with E-state index in [9.17, 15) is 4.79 Å². The molecule has 0 saturated heterocycles. The summed E-state index contributed by atoms with van der Waals surface area (Å²) in [6.45, 7) is 0.737. The fourth-order valence-corrected chi connectivity index (χ4v) is 2.95. The molecule has 0 radical (unpaired) electrons. The van der Waals surface area contributed by atoms with Crippen LogP contribution < -0.4 is 9.64 Å². The van der Waals surface area contributed by atoms with Crippen molar-refractivity contribution in [3.05, 3.63) is 50.2 Å². The molecule has 0 unspecified atom stereocenters. The lowest BCUT2D eigenvalue weighted by molar-refractivity contribution is 0.0972. The molecule has 0 fully saturated rings. The second-order valence-corrected chi connectivity index (χ2v) is 5.96. The number of carbonyl (C=O) groups excluding carboxylic acids is 1. The van der Waals surface area contributed by atoms with Crippen molar-refractivity contribution in [2.24, 2.45) is 0 Å². The molecule has 1 aromatic heterocycles. The van der Waals surface area contributed by atoms with Gasteiger partial charge < -0.3 is 9.64 Å². The summed E-state index contributed by atoms with van der Waals surface area (Å²) in [5.74, 6) is 0.200. The molecule has 114 valence electrons. The highest BCUT2D eigenvalue weighted by molar-refractivity contribution is 6.52. The van der Waals surface area contributed by atoms with Crippen molar-refractivity contribution in [1.29, 1.82) is 0 Å². The van der Waals surface area contributed by atoms with E-state index >= 15 is 0 Å². The van der Waals surface area contributed by atoms with Gasteiger partial charge in [-0.3, -0.25) is 4.79 Å². The van der Waals surface area contributed by atoms with Crippen LogP contribution in [0.5, 0.6) is 5.75 Å². The normalized spacial score (nSPS) is 13.5. The molecule has 0 bridgehead atoms. The highest BCUT2D eigenvalue weighted by atomic mass is 35.5. The number of nitrogens with zero attached hydrogens (tertiary/aromatic N) is 2. The van der Waals surface area contributed by atoms with Gasteiger partial charge in [0.25, 0.3) is 5.91 Å². The Morgan fingerprint density at radius 2 is 1.82 bits per heavy atom. The first kappa shape index (κ1) is 15.7. The van der Waals surface area contributed by atoms with E-state index in [1.165, 1.54) is 4.90 Å². The third-order valence-electron chi connectivity index (χ3n) is 3.16. The van der Waals surface area contributed by atoms with E-state index in [2.05, 4.69) is 4.98 Å². The van der Waals surface area contributed by atoms with Crippen LogP contribution >= 0.6 is 46.4 Å². The lowest BCUT2D eigenvalue weighted by Crippen LogP contribution is -2.38. The van der Waals surface area contributed by atoms with Gasteiger partial charge in [-0.2, -0.15) is 0 Å². The van der Waals surface area contributed by atoms with Gasteiger partial charge in [-0.15, -0.1) is 0 Å². The van der Waals surface area contributed by atoms with E-state index < -0.39 is 5.91 Å². The van der Waals surface area contributed by atoms with Crippen molar-refractivity contribution in [3.63, 3.8) is 0 Å². The molecule has 22 heavy (non-hydrogen) atoms. The second-order valence-electron chi connectivity index (χ2n) is 4.47. The number of amides is 1. The fourth-order valence-electron chi connectivity index (χ4n) is 2.14. The molecule has 1 aliphatic heterocycles. The van der Waals surface area contributed by atoms with Gasteiger partial charge in [-0.05, 0) is 12.1 Å². The van der Waals surface area contributed by atoms with Crippen LogP contribution in [0.3, 0.4) is 0 Å². The van der Waals surface area contributed by atoms with Gasteiger partial charge in [0.15, 0.2) is 5.69 Å². The number of benzene rings is 1. The number of aromatic nitrogens is 1. The quantitative estimate of drug-likeness (QED) is 0.674. The summed E-state index contributed by atoms with van der Waals surface area (Å²) in [7, 11) is 0. The monoisotopic (exact) mass is 376 g/mol. The molecule has 2 heterocycles. The summed E-state index contributed by atoms with van der Waals surface area (Å²) >= 11 is 23.8. The third kappa shape index (κ3) is 2.61. The van der Waals surface area contributed by atoms with Crippen LogP contribution in [-0.2, 0) is 0 Å². The fraction of sp³-hybridized carbons (Fsp3) is 0.143. The number of anilines is 1. The predicted molar refractivity (Wildman–Crippen MR) is 87.9 cm³/mol. The molecule has 8 heteroatoms. The largest absolute Gasteiger partial charge is 0.490 e. The number of ether oxygens (including phenoxy) is 1. The Balaban J connectivity index is 2.07. The maximum absolute atomic E-state index is 12.8. The van der Waals surface area contributed by atoms with E-state index in [0.717, 1.165) is 0 Å². The van der Waals surface area contributed by atoms with Gasteiger partial charge in [0, 0.05) is 0 Å². The maximum atomic E-state index is 12.8. The summed E-state index contributed by atoms with van der Waals surface area (Å²) in [5, 5.41) is -0.0634. The molecule has 1 aliphatic rings. The molecule has 0 spiro atoms. The number of para-hydroxylation sites is 2. The van der Waals surface area contributed by atoms with Crippen LogP contribution in [0.15, 0.2) is 24.3 Å². The zero-order chi connectivity index (χ0) is 15.9. The molecule has 3 rings (SSSR count). The standard InChI is InChI=1S/C14H8Cl4N2O2/c15-9-10(16)12(19-13(18)11(9)17)14(21)20-5-6-22-8-4-2-1-3-7(8)20/h1-4H,5-6H2. The number of hydrogen-bond acceptors (Lipinski definition) is 3. The van der Waals surface area contributed by atoms with Crippen molar-refractivity contribution >= 4 is 58.0 Å². The van der Waals surface area contributed by atoms with E-state index in [1.807, 2.05) is 12.1 Å². The van der Waals surface area contributed by atoms with Crippen molar-refractivity contribution in [1.82, 2.24) is 4.98 Å². The maximum Gasteiger partial charge on any atom is 0.278 e. The lowest BCUT2D eigenvalue weighted by Gasteiger charge is -2.29. The van der Waals surface area contributed by atoms with E-state index in [0.29, 0.717) is 24.6 Å². The van der Waals surface area contributed by atoms with Crippen molar-refractivity contribution in [2.75, 3.05) is 18.1 Å². The van der Waals surface area contributed by atoms with Crippen LogP contribution in [0.4, 0.5) is 5.69 Å². The van der Waals surface area contributed by atoms with Crippen molar-refractivity contribution < 1.29 is 9.53 Å². The number of pyridine rings is 1. The van der Waals surface area contributed by atoms with Crippen LogP contribution in [0.25, 0.3) is 0 Å². The number of hydrogen-bond donors (Lipinski definition) is 0. The van der Waals surface area contributed by atoms with Gasteiger partial charge in [0.1, 0.15) is 17.5 Å². The topological polar surface area (TPSA) is 42.4 Å². The Kier molecular flexibility index (Phi) is 4.37. The van der Waals surface area contributed by atoms with E-state index in [-0.39, 0.29) is 25.9 Å². The van der Waals surface area contributed by atoms with E-state index in [4.69, 9.17) is 51.1 Å². The summed E-state index contributed by atoms with van der Waals surface area (Å²) in [4.78, 5) is 18.2. The highest BCUT2D eigenvalue weighted by Gasteiger charge is 2.29. The highest BCUT2D eigenvalue weighted by Crippen LogP contribution is 2.38. The lowest BCUT2D eigenvalue weighted by atomic mass is 10.2. The molecule has 0 atom stereocenters. The third-order valence-corrected chi connectivity index (χ3v) is 4.84. The number of carbonyl (C=O) groups is 1. The summed E-state index contributed by atoms with van der Waals surface area (Å²) in [6, 6.07) is 7.20. The Morgan fingerprint density at radius 3 is 2.59 bits per heavy atom. The molecule has 2 aromatic rings. The Morgan fingerprint density at radius 1 is 1.09 bits per heavy atom. The number of fused-ring (bicyclic) bond motifs is 1. The van der Waals surface area contributed by atoms with Gasteiger partial charge in [-0.1, -0.05) is 58.5 Å². The minimum Gasteiger partial charge on any atom is -0.490 e. The molecule has 4 nitrogen and oxygen atoms in total. The zero-order valence-electron chi connectivity index (χ0n) is 10.9. The Labute approximate surface area is 146 Å². The Bertz CT molecular complexity index is 767. The van der Waals surface area contributed by atoms with Gasteiger partial charge in [0.2, 0.25) is 0 Å². The van der Waals surface area contributed by atoms with E-state index in [1.54, 1.807) is 12.1 Å². The molecule has 1 amide bonds. The van der Waals surface area contributed by atoms with Crippen LogP contribution in [0.2, 0.25) is 20.2 Å². The summed E-state index contributed by atoms with van der Waals surface area (Å²) in [5.41, 5.74) is 0.594. The minimum atomic E-state index is -0.416. The van der Waals surface area contributed by atoms with Crippen molar-refractivity contribution in [2.45, 2.75) is 0 Å². The smallest absolute Gasteiger partial charge is 0.278 e. The zero-order valence-corrected chi connectivity index (χ0v) is 14.0. The molecule has 1 aromatic carbocycles. The first-order valence-electron chi connectivity index (χ1n) is 6.24. The predicted octanol–water partition coefficient (Wildman–Crippen LogP) is 4.73. The number of halogens is 4. The average Bonchev–Trinajstić information content (AvgIpc) is 2.55. The van der Waals surface area contributed by atoms with Gasteiger partial charge in [-0.25, -0.2) is 4.98 Å². The first-order valence-corrected chi connectivity index (χ1v) is 7.75. The molecule has 0 aliphatic carbocycles. The van der Waals surface area contributed by atoms with Crippen molar-refractivity contribution in [3.8, 4) is 5.75 Å². The van der Waals surface area contributed by atoms with Crippen LogP contribution in [0, 0.1) is 0 Å².